The second kappa shape index (κ2) is 8.26. The van der Waals surface area contributed by atoms with Gasteiger partial charge >= 0.3 is 5.97 Å². The number of ether oxygens (including phenoxy) is 1. The highest BCUT2D eigenvalue weighted by molar-refractivity contribution is 9.10. The molecule has 21 heavy (non-hydrogen) atoms. The van der Waals surface area contributed by atoms with E-state index in [4.69, 9.17) is 9.84 Å². The van der Waals surface area contributed by atoms with E-state index in [2.05, 4.69) is 29.1 Å². The van der Waals surface area contributed by atoms with E-state index >= 15 is 0 Å². The van der Waals surface area contributed by atoms with Crippen LogP contribution in [0.4, 0.5) is 0 Å². The molecule has 0 fully saturated rings. The summed E-state index contributed by atoms with van der Waals surface area (Å²) in [5, 5.41) is 9.08. The molecule has 0 spiro atoms. The quantitative estimate of drug-likeness (QED) is 0.729. The fraction of sp³-hybridized carbons (Fsp3) is 0.200. The fourth-order valence-corrected chi connectivity index (χ4v) is 1.95. The normalized spacial score (nSPS) is 9.76. The molecule has 1 amide bonds. The van der Waals surface area contributed by atoms with Crippen molar-refractivity contribution < 1.29 is 19.4 Å². The molecule has 1 aromatic carbocycles. The van der Waals surface area contributed by atoms with Crippen molar-refractivity contribution in [3.05, 3.63) is 53.5 Å². The summed E-state index contributed by atoms with van der Waals surface area (Å²) in [4.78, 5) is 24.6. The lowest BCUT2D eigenvalue weighted by molar-refractivity contribution is -0.132. The summed E-state index contributed by atoms with van der Waals surface area (Å²) in [7, 11) is 0. The van der Waals surface area contributed by atoms with Crippen LogP contribution in [0.15, 0.2) is 48.0 Å². The molecule has 0 saturated heterocycles. The van der Waals surface area contributed by atoms with Crippen molar-refractivity contribution in [2.24, 2.45) is 0 Å². The van der Waals surface area contributed by atoms with Gasteiger partial charge in [-0.1, -0.05) is 28.1 Å². The number of benzene rings is 1. The van der Waals surface area contributed by atoms with Crippen molar-refractivity contribution >= 4 is 27.8 Å². The Bertz CT molecular complexity index is 547. The number of aromatic carboxylic acids is 1. The monoisotopic (exact) mass is 353 g/mol. The van der Waals surface area contributed by atoms with Crippen molar-refractivity contribution in [3.8, 4) is 5.75 Å². The highest BCUT2D eigenvalue weighted by Gasteiger charge is 2.15. The number of rotatable bonds is 8. The topological polar surface area (TPSA) is 66.8 Å². The first-order chi connectivity index (χ1) is 9.99. The third kappa shape index (κ3) is 5.07. The van der Waals surface area contributed by atoms with Crippen molar-refractivity contribution in [2.45, 2.75) is 0 Å². The summed E-state index contributed by atoms with van der Waals surface area (Å²) in [5.74, 6) is -1.24. The fourth-order valence-electron chi connectivity index (χ4n) is 1.61. The van der Waals surface area contributed by atoms with E-state index in [1.54, 1.807) is 18.2 Å². The zero-order valence-corrected chi connectivity index (χ0v) is 13.0. The van der Waals surface area contributed by atoms with Gasteiger partial charge in [0, 0.05) is 17.6 Å². The van der Waals surface area contributed by atoms with Gasteiger partial charge < -0.3 is 14.7 Å². The molecular formula is C15H16BrNO4. The highest BCUT2D eigenvalue weighted by Crippen LogP contribution is 2.23. The van der Waals surface area contributed by atoms with Crippen LogP contribution in [0.25, 0.3) is 0 Å². The maximum atomic E-state index is 12.0. The lowest BCUT2D eigenvalue weighted by atomic mass is 10.2. The van der Waals surface area contributed by atoms with E-state index in [1.807, 2.05) is 0 Å². The van der Waals surface area contributed by atoms with Crippen LogP contribution in [0, 0.1) is 0 Å². The second-order valence-electron chi connectivity index (χ2n) is 4.11. The Morgan fingerprint density at radius 2 is 1.90 bits per heavy atom. The maximum Gasteiger partial charge on any atom is 0.339 e. The summed E-state index contributed by atoms with van der Waals surface area (Å²) < 4.78 is 6.01. The van der Waals surface area contributed by atoms with E-state index in [0.717, 1.165) is 0 Å². The van der Waals surface area contributed by atoms with Gasteiger partial charge in [-0.15, -0.1) is 13.2 Å². The van der Waals surface area contributed by atoms with Gasteiger partial charge in [0.25, 0.3) is 5.91 Å². The molecular weight excluding hydrogens is 338 g/mol. The smallest absolute Gasteiger partial charge is 0.339 e. The number of carboxylic acid groups (broad SMARTS) is 1. The molecule has 0 aliphatic carbocycles. The number of hydrogen-bond donors (Lipinski definition) is 1. The third-order valence-corrected chi connectivity index (χ3v) is 3.07. The minimum atomic E-state index is -1.11. The Kier molecular flexibility index (Phi) is 6.68. The molecule has 0 aromatic heterocycles. The third-order valence-electron chi connectivity index (χ3n) is 2.58. The lowest BCUT2D eigenvalue weighted by Crippen LogP contribution is -2.35. The first-order valence-corrected chi connectivity index (χ1v) is 6.94. The molecule has 0 aliphatic heterocycles. The Balaban J connectivity index is 2.80. The van der Waals surface area contributed by atoms with Crippen LogP contribution >= 0.6 is 15.9 Å². The summed E-state index contributed by atoms with van der Waals surface area (Å²) in [6.45, 7) is 7.65. The van der Waals surface area contributed by atoms with Crippen LogP contribution in [-0.4, -0.2) is 41.6 Å². The van der Waals surface area contributed by atoms with Crippen molar-refractivity contribution in [2.75, 3.05) is 19.7 Å². The lowest BCUT2D eigenvalue weighted by Gasteiger charge is -2.19. The van der Waals surface area contributed by atoms with Crippen LogP contribution < -0.4 is 4.74 Å². The predicted octanol–water partition coefficient (Wildman–Crippen LogP) is 2.73. The molecule has 0 aliphatic rings. The van der Waals surface area contributed by atoms with Crippen LogP contribution in [0.5, 0.6) is 5.75 Å². The number of amides is 1. The molecule has 112 valence electrons. The minimum absolute atomic E-state index is 0.00462. The molecule has 6 heteroatoms. The molecule has 0 atom stereocenters. The number of halogens is 1. The number of nitrogens with zero attached hydrogens (tertiary/aromatic N) is 1. The Morgan fingerprint density at radius 1 is 1.29 bits per heavy atom. The predicted molar refractivity (Wildman–Crippen MR) is 83.6 cm³/mol. The summed E-state index contributed by atoms with van der Waals surface area (Å²) in [6.07, 6.45) is 3.20. The van der Waals surface area contributed by atoms with E-state index in [-0.39, 0.29) is 23.8 Å². The average Bonchev–Trinajstić information content (AvgIpc) is 2.44. The number of carbonyl (C=O) groups is 2. The largest absolute Gasteiger partial charge is 0.483 e. The Hall–Kier alpha value is -2.08. The van der Waals surface area contributed by atoms with E-state index in [0.29, 0.717) is 17.6 Å². The van der Waals surface area contributed by atoms with Gasteiger partial charge in [-0.05, 0) is 18.2 Å². The minimum Gasteiger partial charge on any atom is -0.483 e. The Morgan fingerprint density at radius 3 is 2.43 bits per heavy atom. The highest BCUT2D eigenvalue weighted by atomic mass is 79.9. The SMILES string of the molecule is C=CCN(CC=C)C(=O)COc1cc(Br)ccc1C(=O)O. The molecule has 1 aromatic rings. The maximum absolute atomic E-state index is 12.0. The molecule has 1 N–H and O–H groups in total. The van der Waals surface area contributed by atoms with Gasteiger partial charge in [0.15, 0.2) is 6.61 Å². The number of carboxylic acids is 1. The van der Waals surface area contributed by atoms with E-state index in [9.17, 15) is 9.59 Å². The summed E-state index contributed by atoms with van der Waals surface area (Å²) >= 11 is 3.24. The van der Waals surface area contributed by atoms with Gasteiger partial charge in [0.05, 0.1) is 0 Å². The van der Waals surface area contributed by atoms with Crippen molar-refractivity contribution in [3.63, 3.8) is 0 Å². The molecule has 0 unspecified atom stereocenters. The number of hydrogen-bond acceptors (Lipinski definition) is 3. The zero-order valence-electron chi connectivity index (χ0n) is 11.4. The average molecular weight is 354 g/mol. The van der Waals surface area contributed by atoms with Crippen molar-refractivity contribution in [1.29, 1.82) is 0 Å². The van der Waals surface area contributed by atoms with Gasteiger partial charge in [0.1, 0.15) is 11.3 Å². The van der Waals surface area contributed by atoms with Crippen LogP contribution in [0.1, 0.15) is 10.4 Å². The standard InChI is InChI=1S/C15H16BrNO4/c1-3-7-17(8-4-2)14(18)10-21-13-9-11(16)5-6-12(13)15(19)20/h3-6,9H,1-2,7-8,10H2,(H,19,20). The number of carbonyl (C=O) groups excluding carboxylic acids is 1. The van der Waals surface area contributed by atoms with Gasteiger partial charge in [-0.25, -0.2) is 4.79 Å². The molecule has 0 saturated carbocycles. The first-order valence-electron chi connectivity index (χ1n) is 6.14. The van der Waals surface area contributed by atoms with E-state index < -0.39 is 5.97 Å². The van der Waals surface area contributed by atoms with Gasteiger partial charge in [-0.3, -0.25) is 4.79 Å². The van der Waals surface area contributed by atoms with Crippen LogP contribution in [0.3, 0.4) is 0 Å². The first kappa shape index (κ1) is 17.0. The van der Waals surface area contributed by atoms with Crippen molar-refractivity contribution in [1.82, 2.24) is 4.90 Å². The van der Waals surface area contributed by atoms with Crippen LogP contribution in [0.2, 0.25) is 0 Å². The van der Waals surface area contributed by atoms with Crippen LogP contribution in [-0.2, 0) is 4.79 Å². The molecule has 0 heterocycles. The van der Waals surface area contributed by atoms with Gasteiger partial charge in [-0.2, -0.15) is 0 Å². The second-order valence-corrected chi connectivity index (χ2v) is 5.03. The summed E-state index contributed by atoms with van der Waals surface area (Å²) in [5.41, 5.74) is 0.00462. The molecule has 1 rings (SSSR count). The summed E-state index contributed by atoms with van der Waals surface area (Å²) in [6, 6.07) is 4.53. The molecule has 5 nitrogen and oxygen atoms in total. The molecule has 0 bridgehead atoms. The Labute approximate surface area is 131 Å². The molecule has 0 radical (unpaired) electrons. The van der Waals surface area contributed by atoms with E-state index in [1.165, 1.54) is 17.0 Å². The zero-order chi connectivity index (χ0) is 15.8. The van der Waals surface area contributed by atoms with Gasteiger partial charge in [0.2, 0.25) is 0 Å².